The van der Waals surface area contributed by atoms with E-state index in [1.165, 1.54) is 12.1 Å². The molecule has 2 atom stereocenters. The largest absolute Gasteiger partial charge is 0.504 e. The summed E-state index contributed by atoms with van der Waals surface area (Å²) in [5.74, 6) is -0.409. The van der Waals surface area contributed by atoms with Crippen molar-refractivity contribution in [1.29, 1.82) is 0 Å². The predicted octanol–water partition coefficient (Wildman–Crippen LogP) is 1.29. The summed E-state index contributed by atoms with van der Waals surface area (Å²) in [4.78, 5) is 0. The summed E-state index contributed by atoms with van der Waals surface area (Å²) in [6.07, 6.45) is -0.0954. The van der Waals surface area contributed by atoms with E-state index in [2.05, 4.69) is 0 Å². The summed E-state index contributed by atoms with van der Waals surface area (Å²) in [6.45, 7) is 1.82. The van der Waals surface area contributed by atoms with E-state index in [0.717, 1.165) is 0 Å². The fraction of sp³-hybridized carbons (Fsp3) is 0.400. The molecule has 0 amide bonds. The molecule has 4 nitrogen and oxygen atoms in total. The lowest BCUT2D eigenvalue weighted by Gasteiger charge is -2.17. The van der Waals surface area contributed by atoms with E-state index < -0.39 is 12.1 Å². The van der Waals surface area contributed by atoms with Gasteiger partial charge in [-0.1, -0.05) is 13.0 Å². The van der Waals surface area contributed by atoms with Crippen LogP contribution in [0, 0.1) is 0 Å². The minimum Gasteiger partial charge on any atom is -0.504 e. The predicted molar refractivity (Wildman–Crippen MR) is 60.2 cm³/mol. The number of aliphatic hydroxyl groups is 1. The second kappa shape index (κ2) is 5.80. The van der Waals surface area contributed by atoms with Gasteiger partial charge in [-0.2, -0.15) is 0 Å². The van der Waals surface area contributed by atoms with Crippen LogP contribution >= 0.6 is 12.4 Å². The highest BCUT2D eigenvalue weighted by atomic mass is 35.5. The molecule has 0 fully saturated rings. The van der Waals surface area contributed by atoms with Crippen molar-refractivity contribution in [2.75, 3.05) is 0 Å². The van der Waals surface area contributed by atoms with Crippen molar-refractivity contribution in [1.82, 2.24) is 0 Å². The number of rotatable bonds is 3. The first kappa shape index (κ1) is 14.0. The normalized spacial score (nSPS) is 14.1. The lowest BCUT2D eigenvalue weighted by Crippen LogP contribution is -2.25. The van der Waals surface area contributed by atoms with Crippen LogP contribution in [0.1, 0.15) is 24.9 Å². The minimum atomic E-state index is -0.640. The molecule has 5 heteroatoms. The molecule has 0 radical (unpaired) electrons. The Morgan fingerprint density at radius 2 is 1.87 bits per heavy atom. The maximum atomic E-state index is 9.47. The van der Waals surface area contributed by atoms with E-state index >= 15 is 0 Å². The second-order valence-corrected chi connectivity index (χ2v) is 3.25. The van der Waals surface area contributed by atoms with Crippen LogP contribution in [0.4, 0.5) is 0 Å². The summed E-state index contributed by atoms with van der Waals surface area (Å²) in [7, 11) is 0. The number of nitrogens with two attached hydrogens (primary N) is 1. The molecule has 1 rings (SSSR count). The lowest BCUT2D eigenvalue weighted by molar-refractivity contribution is 0.140. The molecule has 0 aliphatic rings. The third-order valence-corrected chi connectivity index (χ3v) is 2.22. The average Bonchev–Trinajstić information content (AvgIpc) is 2.20. The molecule has 5 N–H and O–H groups in total. The quantitative estimate of drug-likeness (QED) is 0.593. The van der Waals surface area contributed by atoms with Crippen LogP contribution < -0.4 is 5.73 Å². The van der Waals surface area contributed by atoms with Crippen LogP contribution in [0.15, 0.2) is 18.2 Å². The number of phenols is 2. The SMILES string of the molecule is CC[C@H](O)[C@H](N)c1ccc(O)c(O)c1.Cl. The first-order valence-corrected chi connectivity index (χ1v) is 4.51. The molecular weight excluding hydrogens is 218 g/mol. The standard InChI is InChI=1S/C10H15NO3.ClH/c1-2-7(12)10(11)6-3-4-8(13)9(14)5-6;/h3-5,7,10,12-14H,2,11H2,1H3;1H/t7-,10+;/m0./s1. The molecular formula is C10H16ClNO3. The topological polar surface area (TPSA) is 86.7 Å². The molecule has 1 aromatic rings. The molecule has 15 heavy (non-hydrogen) atoms. The van der Waals surface area contributed by atoms with Gasteiger partial charge in [-0.05, 0) is 24.1 Å². The highest BCUT2D eigenvalue weighted by molar-refractivity contribution is 5.85. The van der Waals surface area contributed by atoms with Gasteiger partial charge in [0.25, 0.3) is 0 Å². The third kappa shape index (κ3) is 3.27. The van der Waals surface area contributed by atoms with Crippen molar-refractivity contribution in [3.63, 3.8) is 0 Å². The highest BCUT2D eigenvalue weighted by Crippen LogP contribution is 2.28. The zero-order chi connectivity index (χ0) is 10.7. The molecule has 0 bridgehead atoms. The summed E-state index contributed by atoms with van der Waals surface area (Å²) < 4.78 is 0. The average molecular weight is 234 g/mol. The molecule has 0 unspecified atom stereocenters. The first-order valence-electron chi connectivity index (χ1n) is 4.51. The molecule has 0 aliphatic heterocycles. The van der Waals surface area contributed by atoms with E-state index in [0.29, 0.717) is 12.0 Å². The van der Waals surface area contributed by atoms with Crippen LogP contribution in [0.2, 0.25) is 0 Å². The highest BCUT2D eigenvalue weighted by Gasteiger charge is 2.15. The van der Waals surface area contributed by atoms with Gasteiger partial charge < -0.3 is 21.1 Å². The number of hydrogen-bond donors (Lipinski definition) is 4. The second-order valence-electron chi connectivity index (χ2n) is 3.25. The summed E-state index contributed by atoms with van der Waals surface area (Å²) in [5, 5.41) is 27.8. The Morgan fingerprint density at radius 1 is 1.27 bits per heavy atom. The number of benzene rings is 1. The Bertz CT molecular complexity index is 320. The van der Waals surface area contributed by atoms with Crippen LogP contribution in [-0.4, -0.2) is 21.4 Å². The number of hydrogen-bond acceptors (Lipinski definition) is 4. The number of aromatic hydroxyl groups is 2. The first-order chi connectivity index (χ1) is 6.56. The van der Waals surface area contributed by atoms with Crippen LogP contribution in [0.5, 0.6) is 11.5 Å². The Hall–Kier alpha value is -0.970. The molecule has 1 aromatic carbocycles. The molecule has 86 valence electrons. The van der Waals surface area contributed by atoms with E-state index in [1.807, 2.05) is 6.92 Å². The molecule has 0 saturated heterocycles. The monoisotopic (exact) mass is 233 g/mol. The van der Waals surface area contributed by atoms with Crippen molar-refractivity contribution in [2.24, 2.45) is 5.73 Å². The van der Waals surface area contributed by atoms with Gasteiger partial charge >= 0.3 is 0 Å². The zero-order valence-corrected chi connectivity index (χ0v) is 9.24. The van der Waals surface area contributed by atoms with Gasteiger partial charge in [0, 0.05) is 0 Å². The van der Waals surface area contributed by atoms with Crippen LogP contribution in [0.25, 0.3) is 0 Å². The number of aliphatic hydroxyl groups excluding tert-OH is 1. The van der Waals surface area contributed by atoms with Gasteiger partial charge in [-0.3, -0.25) is 0 Å². The Morgan fingerprint density at radius 3 is 2.33 bits per heavy atom. The van der Waals surface area contributed by atoms with E-state index in [4.69, 9.17) is 10.8 Å². The zero-order valence-electron chi connectivity index (χ0n) is 8.42. The summed E-state index contributed by atoms with van der Waals surface area (Å²) in [5.41, 5.74) is 6.33. The Balaban J connectivity index is 0.00000196. The minimum absolute atomic E-state index is 0. The van der Waals surface area contributed by atoms with Gasteiger partial charge in [0.15, 0.2) is 11.5 Å². The molecule has 0 spiro atoms. The van der Waals surface area contributed by atoms with Gasteiger partial charge in [0.05, 0.1) is 12.1 Å². The van der Waals surface area contributed by atoms with Crippen molar-refractivity contribution >= 4 is 12.4 Å². The van der Waals surface area contributed by atoms with Gasteiger partial charge in [0.2, 0.25) is 0 Å². The van der Waals surface area contributed by atoms with Crippen LogP contribution in [0.3, 0.4) is 0 Å². The van der Waals surface area contributed by atoms with Crippen molar-refractivity contribution in [3.05, 3.63) is 23.8 Å². The maximum absolute atomic E-state index is 9.47. The number of halogens is 1. The van der Waals surface area contributed by atoms with Gasteiger partial charge in [-0.15, -0.1) is 12.4 Å². The summed E-state index contributed by atoms with van der Waals surface area (Å²) >= 11 is 0. The maximum Gasteiger partial charge on any atom is 0.157 e. The van der Waals surface area contributed by atoms with Crippen molar-refractivity contribution in [3.8, 4) is 11.5 Å². The third-order valence-electron chi connectivity index (χ3n) is 2.22. The molecule has 0 aliphatic carbocycles. The molecule has 0 heterocycles. The van der Waals surface area contributed by atoms with Gasteiger partial charge in [-0.25, -0.2) is 0 Å². The Labute approximate surface area is 94.8 Å². The van der Waals surface area contributed by atoms with E-state index in [9.17, 15) is 10.2 Å². The Kier molecular flexibility index (Phi) is 5.43. The molecule has 0 saturated carbocycles. The fourth-order valence-electron chi connectivity index (χ4n) is 1.22. The van der Waals surface area contributed by atoms with Crippen LogP contribution in [-0.2, 0) is 0 Å². The molecule has 0 aromatic heterocycles. The van der Waals surface area contributed by atoms with Crippen molar-refractivity contribution < 1.29 is 15.3 Å². The lowest BCUT2D eigenvalue weighted by atomic mass is 10.0. The van der Waals surface area contributed by atoms with E-state index in [1.54, 1.807) is 6.07 Å². The smallest absolute Gasteiger partial charge is 0.157 e. The number of phenolic OH excluding ortho intramolecular Hbond substituents is 2. The van der Waals surface area contributed by atoms with Crippen molar-refractivity contribution in [2.45, 2.75) is 25.5 Å². The van der Waals surface area contributed by atoms with E-state index in [-0.39, 0.29) is 23.9 Å². The summed E-state index contributed by atoms with van der Waals surface area (Å²) in [6, 6.07) is 3.76. The van der Waals surface area contributed by atoms with Gasteiger partial charge in [0.1, 0.15) is 0 Å². The fourth-order valence-corrected chi connectivity index (χ4v) is 1.22.